The minimum Gasteiger partial charge on any atom is -0.385 e. The molecule has 1 aliphatic rings. The molecule has 0 aliphatic heterocycles. The first-order chi connectivity index (χ1) is 4.75. The summed E-state index contributed by atoms with van der Waals surface area (Å²) < 4.78 is 0. The molecule has 0 fully saturated rings. The van der Waals surface area contributed by atoms with E-state index >= 15 is 0 Å². The molecule has 0 aromatic rings. The first-order valence-corrected chi connectivity index (χ1v) is 3.67. The van der Waals surface area contributed by atoms with Gasteiger partial charge in [-0.25, -0.2) is 0 Å². The summed E-state index contributed by atoms with van der Waals surface area (Å²) in [6.07, 6.45) is 3.42. The van der Waals surface area contributed by atoms with Gasteiger partial charge >= 0.3 is 0 Å². The van der Waals surface area contributed by atoms with E-state index in [0.717, 1.165) is 18.4 Å². The minimum absolute atomic E-state index is 0.0677. The van der Waals surface area contributed by atoms with Crippen molar-refractivity contribution in [1.29, 1.82) is 0 Å². The summed E-state index contributed by atoms with van der Waals surface area (Å²) in [5, 5.41) is 8.99. The third-order valence-electron chi connectivity index (χ3n) is 1.73. The van der Waals surface area contributed by atoms with E-state index < -0.39 is 6.10 Å². The molecule has 0 saturated heterocycles. The Bertz CT molecular complexity index is 170. The van der Waals surface area contributed by atoms with Gasteiger partial charge in [0, 0.05) is 0 Å². The van der Waals surface area contributed by atoms with Crippen molar-refractivity contribution in [2.45, 2.75) is 32.3 Å². The fourth-order valence-corrected chi connectivity index (χ4v) is 1.17. The lowest BCUT2D eigenvalue weighted by Gasteiger charge is -1.98. The Kier molecular flexibility index (Phi) is 2.22. The predicted molar refractivity (Wildman–Crippen MR) is 38.6 cm³/mol. The van der Waals surface area contributed by atoms with E-state index in [0.29, 0.717) is 6.42 Å². The number of carbonyl (C=O) groups is 1. The molecule has 2 heteroatoms. The van der Waals surface area contributed by atoms with Crippen LogP contribution >= 0.6 is 0 Å². The van der Waals surface area contributed by atoms with Crippen LogP contribution in [0.4, 0.5) is 0 Å². The lowest BCUT2D eigenvalue weighted by Crippen LogP contribution is -2.14. The molecule has 1 unspecified atom stereocenters. The Labute approximate surface area is 60.6 Å². The van der Waals surface area contributed by atoms with Gasteiger partial charge in [-0.3, -0.25) is 4.79 Å². The fraction of sp³-hybridized carbons (Fsp3) is 0.625. The lowest BCUT2D eigenvalue weighted by molar-refractivity contribution is -0.122. The lowest BCUT2D eigenvalue weighted by atomic mass is 10.1. The van der Waals surface area contributed by atoms with Gasteiger partial charge in [0.1, 0.15) is 6.10 Å². The summed E-state index contributed by atoms with van der Waals surface area (Å²) in [5.41, 5.74) is 0.815. The highest BCUT2D eigenvalue weighted by Gasteiger charge is 2.23. The molecule has 0 aromatic heterocycles. The van der Waals surface area contributed by atoms with Crippen LogP contribution in [0.25, 0.3) is 0 Å². The number of aliphatic hydroxyl groups excluding tert-OH is 1. The first kappa shape index (κ1) is 7.48. The summed E-state index contributed by atoms with van der Waals surface area (Å²) in [5.74, 6) is -0.0677. The zero-order valence-corrected chi connectivity index (χ0v) is 6.13. The van der Waals surface area contributed by atoms with Crippen LogP contribution in [0.1, 0.15) is 26.2 Å². The van der Waals surface area contributed by atoms with Crippen molar-refractivity contribution in [2.24, 2.45) is 0 Å². The number of carbonyl (C=O) groups excluding carboxylic acids is 1. The van der Waals surface area contributed by atoms with E-state index in [1.165, 1.54) is 0 Å². The number of ketones is 1. The second-order valence-corrected chi connectivity index (χ2v) is 2.60. The second-order valence-electron chi connectivity index (χ2n) is 2.60. The van der Waals surface area contributed by atoms with Crippen LogP contribution in [0.3, 0.4) is 0 Å². The fourth-order valence-electron chi connectivity index (χ4n) is 1.17. The summed E-state index contributed by atoms with van der Waals surface area (Å²) in [6.45, 7) is 2.03. The van der Waals surface area contributed by atoms with Crippen LogP contribution in [0.2, 0.25) is 0 Å². The highest BCUT2D eigenvalue weighted by Crippen LogP contribution is 2.18. The average molecular weight is 140 g/mol. The van der Waals surface area contributed by atoms with Crippen molar-refractivity contribution < 1.29 is 9.90 Å². The number of hydrogen-bond acceptors (Lipinski definition) is 2. The van der Waals surface area contributed by atoms with E-state index in [2.05, 4.69) is 0 Å². The number of hydrogen-bond donors (Lipinski definition) is 1. The Morgan fingerprint density at radius 1 is 1.80 bits per heavy atom. The van der Waals surface area contributed by atoms with Crippen LogP contribution in [-0.2, 0) is 4.79 Å². The molecular weight excluding hydrogens is 128 g/mol. The Morgan fingerprint density at radius 2 is 2.50 bits per heavy atom. The summed E-state index contributed by atoms with van der Waals surface area (Å²) in [7, 11) is 0. The van der Waals surface area contributed by atoms with E-state index in [4.69, 9.17) is 5.11 Å². The van der Waals surface area contributed by atoms with Gasteiger partial charge in [-0.15, -0.1) is 0 Å². The Balaban J connectivity index is 2.54. The van der Waals surface area contributed by atoms with Crippen LogP contribution in [-0.4, -0.2) is 17.0 Å². The van der Waals surface area contributed by atoms with E-state index in [1.54, 1.807) is 0 Å². The van der Waals surface area contributed by atoms with Crippen LogP contribution in [0.5, 0.6) is 0 Å². The van der Waals surface area contributed by atoms with Gasteiger partial charge in [-0.1, -0.05) is 19.4 Å². The SMILES string of the molecule is CCCC1=CCC(O)C1=O. The smallest absolute Gasteiger partial charge is 0.187 e. The van der Waals surface area contributed by atoms with Crippen LogP contribution in [0.15, 0.2) is 11.6 Å². The van der Waals surface area contributed by atoms with E-state index in [-0.39, 0.29) is 5.78 Å². The molecular formula is C8H12O2. The molecule has 0 bridgehead atoms. The Hall–Kier alpha value is -0.630. The molecule has 0 radical (unpaired) electrons. The molecule has 1 atom stereocenters. The molecule has 0 spiro atoms. The van der Waals surface area contributed by atoms with Gasteiger partial charge in [-0.05, 0) is 18.4 Å². The zero-order chi connectivity index (χ0) is 7.56. The van der Waals surface area contributed by atoms with Gasteiger partial charge in [0.25, 0.3) is 0 Å². The van der Waals surface area contributed by atoms with Gasteiger partial charge < -0.3 is 5.11 Å². The van der Waals surface area contributed by atoms with E-state index in [9.17, 15) is 4.79 Å². The van der Waals surface area contributed by atoms with Gasteiger partial charge in [0.15, 0.2) is 5.78 Å². The summed E-state index contributed by atoms with van der Waals surface area (Å²) in [6, 6.07) is 0. The van der Waals surface area contributed by atoms with Crippen molar-refractivity contribution in [3.8, 4) is 0 Å². The number of rotatable bonds is 2. The standard InChI is InChI=1S/C8H12O2/c1-2-3-6-4-5-7(9)8(6)10/h4,7,9H,2-3,5H2,1H3. The van der Waals surface area contributed by atoms with Crippen LogP contribution < -0.4 is 0 Å². The largest absolute Gasteiger partial charge is 0.385 e. The minimum atomic E-state index is -0.735. The topological polar surface area (TPSA) is 37.3 Å². The highest BCUT2D eigenvalue weighted by atomic mass is 16.3. The predicted octanol–water partition coefficient (Wildman–Crippen LogP) is 1.05. The van der Waals surface area contributed by atoms with E-state index in [1.807, 2.05) is 13.0 Å². The van der Waals surface area contributed by atoms with Crippen LogP contribution in [0, 0.1) is 0 Å². The van der Waals surface area contributed by atoms with Gasteiger partial charge in [0.2, 0.25) is 0 Å². The van der Waals surface area contributed by atoms with Crippen molar-refractivity contribution in [3.05, 3.63) is 11.6 Å². The van der Waals surface area contributed by atoms with Gasteiger partial charge in [-0.2, -0.15) is 0 Å². The number of aliphatic hydroxyl groups is 1. The maximum atomic E-state index is 11.0. The molecule has 1 aliphatic carbocycles. The summed E-state index contributed by atoms with van der Waals surface area (Å²) >= 11 is 0. The van der Waals surface area contributed by atoms with Crippen molar-refractivity contribution in [1.82, 2.24) is 0 Å². The maximum Gasteiger partial charge on any atom is 0.187 e. The monoisotopic (exact) mass is 140 g/mol. The molecule has 1 rings (SSSR count). The van der Waals surface area contributed by atoms with Crippen molar-refractivity contribution >= 4 is 5.78 Å². The maximum absolute atomic E-state index is 11.0. The zero-order valence-electron chi connectivity index (χ0n) is 6.13. The summed E-state index contributed by atoms with van der Waals surface area (Å²) in [4.78, 5) is 11.0. The normalized spacial score (nSPS) is 25.2. The van der Waals surface area contributed by atoms with Crippen molar-refractivity contribution in [3.63, 3.8) is 0 Å². The third-order valence-corrected chi connectivity index (χ3v) is 1.73. The molecule has 0 amide bonds. The highest BCUT2D eigenvalue weighted by molar-refractivity contribution is 6.00. The molecule has 10 heavy (non-hydrogen) atoms. The second kappa shape index (κ2) is 2.97. The average Bonchev–Trinajstić information content (AvgIpc) is 2.20. The molecule has 0 heterocycles. The molecule has 56 valence electrons. The van der Waals surface area contributed by atoms with Gasteiger partial charge in [0.05, 0.1) is 0 Å². The molecule has 1 N–H and O–H groups in total. The Morgan fingerprint density at radius 3 is 2.90 bits per heavy atom. The quantitative estimate of drug-likeness (QED) is 0.622. The van der Waals surface area contributed by atoms with Crippen molar-refractivity contribution in [2.75, 3.05) is 0 Å². The first-order valence-electron chi connectivity index (χ1n) is 3.67. The molecule has 0 aromatic carbocycles. The molecule has 2 nitrogen and oxygen atoms in total. The molecule has 0 saturated carbocycles. The third kappa shape index (κ3) is 1.27. The number of Topliss-reactive ketones (excluding diaryl/α,β-unsaturated/α-hetero) is 1.